The van der Waals surface area contributed by atoms with Gasteiger partial charge < -0.3 is 10.5 Å². The molecule has 0 atom stereocenters. The van der Waals surface area contributed by atoms with Crippen LogP contribution in [0.25, 0.3) is 0 Å². The van der Waals surface area contributed by atoms with Crippen molar-refractivity contribution in [2.75, 3.05) is 0 Å². The molecule has 0 aliphatic carbocycles. The predicted octanol–water partition coefficient (Wildman–Crippen LogP) is 4.11. The van der Waals surface area contributed by atoms with Gasteiger partial charge in [0.05, 0.1) is 13.2 Å². The van der Waals surface area contributed by atoms with Crippen LogP contribution >= 0.6 is 28.1 Å². The highest BCUT2D eigenvalue weighted by molar-refractivity contribution is 9.10. The molecule has 0 fully saturated rings. The Hall–Kier alpha value is -1.23. The molecule has 2 rings (SSSR count). The lowest BCUT2D eigenvalue weighted by Gasteiger charge is -2.09. The van der Waals surface area contributed by atoms with Crippen molar-refractivity contribution >= 4 is 33.1 Å². The van der Waals surface area contributed by atoms with Crippen molar-refractivity contribution < 1.29 is 4.74 Å². The molecule has 2 nitrogen and oxygen atoms in total. The molecule has 0 amide bonds. The lowest BCUT2D eigenvalue weighted by atomic mass is 10.1. The molecule has 2 aromatic rings. The zero-order valence-corrected chi connectivity index (χ0v) is 13.6. The van der Waals surface area contributed by atoms with Crippen LogP contribution in [0.5, 0.6) is 0 Å². The summed E-state index contributed by atoms with van der Waals surface area (Å²) in [6.07, 6.45) is 0. The molecule has 0 spiro atoms. The first-order valence-electron chi connectivity index (χ1n) is 6.28. The predicted molar refractivity (Wildman–Crippen MR) is 89.7 cm³/mol. The van der Waals surface area contributed by atoms with Gasteiger partial charge in [0.1, 0.15) is 4.99 Å². The fourth-order valence-corrected chi connectivity index (χ4v) is 2.26. The summed E-state index contributed by atoms with van der Waals surface area (Å²) in [5.41, 5.74) is 9.97. The van der Waals surface area contributed by atoms with Gasteiger partial charge in [-0.05, 0) is 41.8 Å². The van der Waals surface area contributed by atoms with E-state index in [4.69, 9.17) is 22.7 Å². The number of nitrogens with two attached hydrogens (primary N) is 1. The van der Waals surface area contributed by atoms with Crippen LogP contribution in [-0.4, -0.2) is 4.99 Å². The molecule has 4 heteroatoms. The number of hydrogen-bond acceptors (Lipinski definition) is 2. The third-order valence-corrected chi connectivity index (χ3v) is 3.83. The quantitative estimate of drug-likeness (QED) is 0.825. The summed E-state index contributed by atoms with van der Waals surface area (Å²) in [5, 5.41) is 0. The van der Waals surface area contributed by atoms with E-state index in [-0.39, 0.29) is 0 Å². The SMILES string of the molecule is Cc1cc(C(N)=S)ccc1COCc1ccc(Br)cc1. The summed E-state index contributed by atoms with van der Waals surface area (Å²) >= 11 is 8.39. The van der Waals surface area contributed by atoms with E-state index < -0.39 is 0 Å². The molecule has 0 aliphatic heterocycles. The van der Waals surface area contributed by atoms with Gasteiger partial charge in [0.25, 0.3) is 0 Å². The van der Waals surface area contributed by atoms with E-state index in [1.165, 1.54) is 0 Å². The maximum Gasteiger partial charge on any atom is 0.103 e. The molecule has 104 valence electrons. The molecular weight excluding hydrogens is 334 g/mol. The van der Waals surface area contributed by atoms with Gasteiger partial charge in [-0.2, -0.15) is 0 Å². The Morgan fingerprint density at radius 2 is 1.85 bits per heavy atom. The standard InChI is InChI=1S/C16H16BrNOS/c1-11-8-13(16(18)20)4-5-14(11)10-19-9-12-2-6-15(17)7-3-12/h2-8H,9-10H2,1H3,(H2,18,20). The van der Waals surface area contributed by atoms with Crippen molar-refractivity contribution in [3.63, 3.8) is 0 Å². The Morgan fingerprint density at radius 1 is 1.15 bits per heavy atom. The van der Waals surface area contributed by atoms with Crippen molar-refractivity contribution in [1.82, 2.24) is 0 Å². The molecule has 0 bridgehead atoms. The Balaban J connectivity index is 1.94. The van der Waals surface area contributed by atoms with E-state index in [2.05, 4.69) is 15.9 Å². The Morgan fingerprint density at radius 3 is 2.45 bits per heavy atom. The van der Waals surface area contributed by atoms with Gasteiger partial charge in [0.2, 0.25) is 0 Å². The Bertz CT molecular complexity index is 610. The number of ether oxygens (including phenoxy) is 1. The summed E-state index contributed by atoms with van der Waals surface area (Å²) in [6.45, 7) is 3.23. The summed E-state index contributed by atoms with van der Waals surface area (Å²) in [4.78, 5) is 0.426. The van der Waals surface area contributed by atoms with Crippen molar-refractivity contribution in [1.29, 1.82) is 0 Å². The first-order valence-corrected chi connectivity index (χ1v) is 7.48. The van der Waals surface area contributed by atoms with E-state index in [0.29, 0.717) is 18.2 Å². The number of benzene rings is 2. The zero-order chi connectivity index (χ0) is 14.5. The number of aryl methyl sites for hydroxylation is 1. The normalized spacial score (nSPS) is 10.5. The van der Waals surface area contributed by atoms with Gasteiger partial charge in [-0.25, -0.2) is 0 Å². The van der Waals surface area contributed by atoms with Gasteiger partial charge in [0.15, 0.2) is 0 Å². The minimum Gasteiger partial charge on any atom is -0.389 e. The summed E-state index contributed by atoms with van der Waals surface area (Å²) in [6, 6.07) is 14.1. The molecule has 0 heterocycles. The van der Waals surface area contributed by atoms with Gasteiger partial charge in [-0.1, -0.05) is 52.4 Å². The topological polar surface area (TPSA) is 35.2 Å². The third kappa shape index (κ3) is 4.13. The van der Waals surface area contributed by atoms with E-state index in [0.717, 1.165) is 26.7 Å². The van der Waals surface area contributed by atoms with Crippen LogP contribution in [0.1, 0.15) is 22.3 Å². The molecule has 2 N–H and O–H groups in total. The number of halogens is 1. The average molecular weight is 350 g/mol. The molecule has 0 aromatic heterocycles. The Kier molecular flexibility index (Phi) is 5.29. The average Bonchev–Trinajstić information content (AvgIpc) is 2.42. The first kappa shape index (κ1) is 15.2. The summed E-state index contributed by atoms with van der Waals surface area (Å²) < 4.78 is 6.82. The van der Waals surface area contributed by atoms with E-state index in [1.807, 2.05) is 49.4 Å². The number of hydrogen-bond donors (Lipinski definition) is 1. The van der Waals surface area contributed by atoms with E-state index in [9.17, 15) is 0 Å². The van der Waals surface area contributed by atoms with Crippen molar-refractivity contribution in [2.24, 2.45) is 5.73 Å². The molecule has 0 aliphatic rings. The van der Waals surface area contributed by atoms with Crippen LogP contribution in [0, 0.1) is 6.92 Å². The molecular formula is C16H16BrNOS. The smallest absolute Gasteiger partial charge is 0.103 e. The van der Waals surface area contributed by atoms with Gasteiger partial charge >= 0.3 is 0 Å². The monoisotopic (exact) mass is 349 g/mol. The second kappa shape index (κ2) is 6.97. The molecule has 0 saturated heterocycles. The second-order valence-electron chi connectivity index (χ2n) is 4.62. The van der Waals surface area contributed by atoms with Crippen LogP contribution in [0.3, 0.4) is 0 Å². The van der Waals surface area contributed by atoms with Gasteiger partial charge in [-0.3, -0.25) is 0 Å². The third-order valence-electron chi connectivity index (χ3n) is 3.07. The van der Waals surface area contributed by atoms with Crippen LogP contribution in [0.15, 0.2) is 46.9 Å². The minimum atomic E-state index is 0.426. The van der Waals surface area contributed by atoms with Gasteiger partial charge in [-0.15, -0.1) is 0 Å². The highest BCUT2D eigenvalue weighted by Gasteiger charge is 2.03. The highest BCUT2D eigenvalue weighted by Crippen LogP contribution is 2.15. The number of rotatable bonds is 5. The van der Waals surface area contributed by atoms with Crippen LogP contribution in [0.2, 0.25) is 0 Å². The molecule has 2 aromatic carbocycles. The fraction of sp³-hybridized carbons (Fsp3) is 0.188. The van der Waals surface area contributed by atoms with E-state index >= 15 is 0 Å². The van der Waals surface area contributed by atoms with Crippen molar-refractivity contribution in [2.45, 2.75) is 20.1 Å². The minimum absolute atomic E-state index is 0.426. The molecule has 20 heavy (non-hydrogen) atoms. The fourth-order valence-electron chi connectivity index (χ4n) is 1.87. The maximum absolute atomic E-state index is 5.75. The highest BCUT2D eigenvalue weighted by atomic mass is 79.9. The van der Waals surface area contributed by atoms with Crippen molar-refractivity contribution in [3.05, 3.63) is 69.2 Å². The van der Waals surface area contributed by atoms with Crippen LogP contribution in [-0.2, 0) is 18.0 Å². The second-order valence-corrected chi connectivity index (χ2v) is 5.98. The lowest BCUT2D eigenvalue weighted by Crippen LogP contribution is -2.10. The summed E-state index contributed by atoms with van der Waals surface area (Å²) in [7, 11) is 0. The largest absolute Gasteiger partial charge is 0.389 e. The van der Waals surface area contributed by atoms with Crippen LogP contribution < -0.4 is 5.73 Å². The first-order chi connectivity index (χ1) is 9.56. The summed E-state index contributed by atoms with van der Waals surface area (Å²) in [5.74, 6) is 0. The van der Waals surface area contributed by atoms with E-state index in [1.54, 1.807) is 0 Å². The van der Waals surface area contributed by atoms with Gasteiger partial charge in [0, 0.05) is 10.0 Å². The molecule has 0 radical (unpaired) electrons. The molecule has 0 unspecified atom stereocenters. The number of thiocarbonyl (C=S) groups is 1. The Labute approximate surface area is 133 Å². The van der Waals surface area contributed by atoms with Crippen molar-refractivity contribution in [3.8, 4) is 0 Å². The lowest BCUT2D eigenvalue weighted by molar-refractivity contribution is 0.107. The zero-order valence-electron chi connectivity index (χ0n) is 11.2. The maximum atomic E-state index is 5.75. The molecule has 0 saturated carbocycles. The van der Waals surface area contributed by atoms with Crippen LogP contribution in [0.4, 0.5) is 0 Å².